The van der Waals surface area contributed by atoms with Crippen LogP contribution in [-0.4, -0.2) is 28.8 Å². The normalized spacial score (nSPS) is 23.2. The second kappa shape index (κ2) is 6.29. The highest BCUT2D eigenvalue weighted by Crippen LogP contribution is 2.19. The largest absolute Gasteiger partial charge is 0.344 e. The molecule has 1 saturated heterocycles. The van der Waals surface area contributed by atoms with Crippen molar-refractivity contribution >= 4 is 11.8 Å². The van der Waals surface area contributed by atoms with Crippen LogP contribution in [0.4, 0.5) is 0 Å². The van der Waals surface area contributed by atoms with Gasteiger partial charge in [0.1, 0.15) is 6.04 Å². The monoisotopic (exact) mass is 288 g/mol. The van der Waals surface area contributed by atoms with E-state index in [1.807, 2.05) is 56.9 Å². The number of amides is 2. The number of nitrogens with zero attached hydrogens (tertiary/aromatic N) is 1. The smallest absolute Gasteiger partial charge is 0.245 e. The lowest BCUT2D eigenvalue weighted by molar-refractivity contribution is -0.136. The van der Waals surface area contributed by atoms with Gasteiger partial charge >= 0.3 is 0 Å². The molecule has 0 aromatic heterocycles. The average Bonchev–Trinajstić information content (AvgIpc) is 2.52. The Morgan fingerprint density at radius 2 is 1.86 bits per heavy atom. The SMILES string of the molecule is Cc1ccc(CN2C(=O)C(C(C)C)NC(=O)CC2C)cc1. The summed E-state index contributed by atoms with van der Waals surface area (Å²) in [6.07, 6.45) is 0.362. The van der Waals surface area contributed by atoms with Crippen molar-refractivity contribution in [3.05, 3.63) is 35.4 Å². The van der Waals surface area contributed by atoms with E-state index in [0.29, 0.717) is 13.0 Å². The van der Waals surface area contributed by atoms with E-state index in [9.17, 15) is 9.59 Å². The van der Waals surface area contributed by atoms with E-state index in [-0.39, 0.29) is 23.8 Å². The predicted octanol–water partition coefficient (Wildman–Crippen LogP) is 2.26. The molecule has 2 atom stereocenters. The molecule has 0 saturated carbocycles. The van der Waals surface area contributed by atoms with Crippen molar-refractivity contribution in [1.29, 1.82) is 0 Å². The van der Waals surface area contributed by atoms with Crippen molar-refractivity contribution in [2.75, 3.05) is 0 Å². The molecular formula is C17H24N2O2. The van der Waals surface area contributed by atoms with Gasteiger partial charge < -0.3 is 10.2 Å². The molecule has 2 rings (SSSR count). The standard InChI is InChI=1S/C17H24N2O2/c1-11(2)16-17(21)19(13(4)9-15(20)18-16)10-14-7-5-12(3)6-8-14/h5-8,11,13,16H,9-10H2,1-4H3,(H,18,20). The molecule has 1 fully saturated rings. The maximum Gasteiger partial charge on any atom is 0.245 e. The van der Waals surface area contributed by atoms with Gasteiger partial charge in [0.2, 0.25) is 11.8 Å². The van der Waals surface area contributed by atoms with Crippen LogP contribution in [0.3, 0.4) is 0 Å². The van der Waals surface area contributed by atoms with E-state index in [4.69, 9.17) is 0 Å². The number of nitrogens with one attached hydrogen (secondary N) is 1. The third kappa shape index (κ3) is 3.63. The van der Waals surface area contributed by atoms with Gasteiger partial charge in [0.25, 0.3) is 0 Å². The van der Waals surface area contributed by atoms with Gasteiger partial charge in [0.15, 0.2) is 0 Å². The zero-order valence-electron chi connectivity index (χ0n) is 13.2. The van der Waals surface area contributed by atoms with Crippen molar-refractivity contribution in [3.63, 3.8) is 0 Å². The highest BCUT2D eigenvalue weighted by Gasteiger charge is 2.35. The first kappa shape index (κ1) is 15.5. The minimum absolute atomic E-state index is 0.0175. The lowest BCUT2D eigenvalue weighted by atomic mass is 10.0. The number of rotatable bonds is 3. The van der Waals surface area contributed by atoms with Crippen LogP contribution in [0.2, 0.25) is 0 Å². The van der Waals surface area contributed by atoms with Gasteiger partial charge in [0, 0.05) is 19.0 Å². The molecule has 1 aliphatic heterocycles. The third-order valence-electron chi connectivity index (χ3n) is 4.02. The molecule has 2 unspecified atom stereocenters. The Labute approximate surface area is 126 Å². The molecule has 0 aliphatic carbocycles. The molecule has 1 heterocycles. The van der Waals surface area contributed by atoms with Crippen LogP contribution < -0.4 is 5.32 Å². The molecule has 1 aromatic carbocycles. The van der Waals surface area contributed by atoms with Gasteiger partial charge in [-0.15, -0.1) is 0 Å². The first-order valence-electron chi connectivity index (χ1n) is 7.54. The third-order valence-corrected chi connectivity index (χ3v) is 4.02. The fraction of sp³-hybridized carbons (Fsp3) is 0.529. The second-order valence-corrected chi connectivity index (χ2v) is 6.29. The van der Waals surface area contributed by atoms with Gasteiger partial charge in [-0.2, -0.15) is 0 Å². The Hall–Kier alpha value is -1.84. The Balaban J connectivity index is 2.23. The highest BCUT2D eigenvalue weighted by molar-refractivity contribution is 5.90. The number of carbonyl (C=O) groups is 2. The predicted molar refractivity (Wildman–Crippen MR) is 82.6 cm³/mol. The lowest BCUT2D eigenvalue weighted by Gasteiger charge is -2.30. The Morgan fingerprint density at radius 3 is 2.43 bits per heavy atom. The Bertz CT molecular complexity index is 522. The summed E-state index contributed by atoms with van der Waals surface area (Å²) < 4.78 is 0. The van der Waals surface area contributed by atoms with Crippen LogP contribution in [-0.2, 0) is 16.1 Å². The maximum atomic E-state index is 12.7. The van der Waals surface area contributed by atoms with Crippen LogP contribution in [0.25, 0.3) is 0 Å². The lowest BCUT2D eigenvalue weighted by Crippen LogP contribution is -2.48. The zero-order valence-corrected chi connectivity index (χ0v) is 13.2. The van der Waals surface area contributed by atoms with E-state index in [1.54, 1.807) is 0 Å². The van der Waals surface area contributed by atoms with E-state index in [0.717, 1.165) is 5.56 Å². The maximum absolute atomic E-state index is 12.7. The van der Waals surface area contributed by atoms with Crippen LogP contribution in [0.15, 0.2) is 24.3 Å². The zero-order chi connectivity index (χ0) is 15.6. The number of benzene rings is 1. The molecule has 4 heteroatoms. The summed E-state index contributed by atoms with van der Waals surface area (Å²) in [6.45, 7) is 8.46. The molecule has 21 heavy (non-hydrogen) atoms. The summed E-state index contributed by atoms with van der Waals surface area (Å²) in [7, 11) is 0. The van der Waals surface area contributed by atoms with Crippen LogP contribution in [0.5, 0.6) is 0 Å². The number of hydrogen-bond acceptors (Lipinski definition) is 2. The van der Waals surface area contributed by atoms with Gasteiger partial charge in [-0.3, -0.25) is 9.59 Å². The quantitative estimate of drug-likeness (QED) is 0.927. The van der Waals surface area contributed by atoms with Gasteiger partial charge in [0.05, 0.1) is 0 Å². The second-order valence-electron chi connectivity index (χ2n) is 6.29. The first-order chi connectivity index (χ1) is 9.88. The fourth-order valence-corrected chi connectivity index (χ4v) is 2.64. The van der Waals surface area contributed by atoms with E-state index >= 15 is 0 Å². The fourth-order valence-electron chi connectivity index (χ4n) is 2.64. The topological polar surface area (TPSA) is 49.4 Å². The summed E-state index contributed by atoms with van der Waals surface area (Å²) in [5.41, 5.74) is 2.29. The van der Waals surface area contributed by atoms with Crippen LogP contribution >= 0.6 is 0 Å². The molecule has 0 radical (unpaired) electrons. The van der Waals surface area contributed by atoms with Gasteiger partial charge in [-0.1, -0.05) is 43.7 Å². The molecule has 2 amide bonds. The van der Waals surface area contributed by atoms with Crippen molar-refractivity contribution in [2.24, 2.45) is 5.92 Å². The Morgan fingerprint density at radius 1 is 1.24 bits per heavy atom. The van der Waals surface area contributed by atoms with Crippen molar-refractivity contribution in [2.45, 2.75) is 52.7 Å². The summed E-state index contributed by atoms with van der Waals surface area (Å²) >= 11 is 0. The summed E-state index contributed by atoms with van der Waals surface area (Å²) in [4.78, 5) is 26.5. The molecular weight excluding hydrogens is 264 g/mol. The van der Waals surface area contributed by atoms with Gasteiger partial charge in [-0.25, -0.2) is 0 Å². The minimum Gasteiger partial charge on any atom is -0.344 e. The van der Waals surface area contributed by atoms with Crippen molar-refractivity contribution in [1.82, 2.24) is 10.2 Å². The minimum atomic E-state index is -0.423. The van der Waals surface area contributed by atoms with E-state index in [1.165, 1.54) is 5.56 Å². The van der Waals surface area contributed by atoms with Crippen LogP contribution in [0.1, 0.15) is 38.3 Å². The summed E-state index contributed by atoms with van der Waals surface area (Å²) in [6, 6.07) is 7.67. The van der Waals surface area contributed by atoms with Gasteiger partial charge in [-0.05, 0) is 25.3 Å². The van der Waals surface area contributed by atoms with Crippen molar-refractivity contribution in [3.8, 4) is 0 Å². The first-order valence-corrected chi connectivity index (χ1v) is 7.54. The molecule has 1 aliphatic rings. The number of aryl methyl sites for hydroxylation is 1. The molecule has 0 spiro atoms. The van der Waals surface area contributed by atoms with Crippen molar-refractivity contribution < 1.29 is 9.59 Å². The number of carbonyl (C=O) groups excluding carboxylic acids is 2. The summed E-state index contributed by atoms with van der Waals surface area (Å²) in [5.74, 6) is 0.0668. The van der Waals surface area contributed by atoms with Crippen LogP contribution in [0, 0.1) is 12.8 Å². The molecule has 114 valence electrons. The Kier molecular flexibility index (Phi) is 4.66. The highest BCUT2D eigenvalue weighted by atomic mass is 16.2. The molecule has 0 bridgehead atoms. The van der Waals surface area contributed by atoms with E-state index in [2.05, 4.69) is 5.32 Å². The molecule has 1 aromatic rings. The molecule has 1 N–H and O–H groups in total. The molecule has 4 nitrogen and oxygen atoms in total. The average molecular weight is 288 g/mol. The van der Waals surface area contributed by atoms with E-state index < -0.39 is 6.04 Å². The summed E-state index contributed by atoms with van der Waals surface area (Å²) in [5, 5.41) is 2.85. The number of hydrogen-bond donors (Lipinski definition) is 1.